The fourth-order valence-corrected chi connectivity index (χ4v) is 2.26. The number of imide groups is 1. The molecule has 2 amide bonds. The molecule has 0 bridgehead atoms. The summed E-state index contributed by atoms with van der Waals surface area (Å²) in [5, 5.41) is 3.09. The van der Waals surface area contributed by atoms with Gasteiger partial charge in [-0.2, -0.15) is 0 Å². The smallest absolute Gasteiger partial charge is 0.260 e. The minimum Gasteiger partial charge on any atom is -0.384 e. The van der Waals surface area contributed by atoms with Crippen LogP contribution in [0.3, 0.4) is 0 Å². The Morgan fingerprint density at radius 3 is 2.52 bits per heavy atom. The Balaban J connectivity index is 2.96. The summed E-state index contributed by atoms with van der Waals surface area (Å²) in [6, 6.07) is 4.85. The summed E-state index contributed by atoms with van der Waals surface area (Å²) in [7, 11) is 0. The summed E-state index contributed by atoms with van der Waals surface area (Å²) in [4.78, 5) is 45.9. The maximum Gasteiger partial charge on any atom is 0.260 e. The molecular formula is C17H22N2O4. The van der Waals surface area contributed by atoms with Gasteiger partial charge < -0.3 is 14.9 Å². The normalized spacial score (nSPS) is 11.4. The van der Waals surface area contributed by atoms with Gasteiger partial charge in [0.1, 0.15) is 12.6 Å². The molecule has 1 unspecified atom stereocenters. The van der Waals surface area contributed by atoms with Crippen molar-refractivity contribution >= 4 is 30.6 Å². The van der Waals surface area contributed by atoms with Gasteiger partial charge in [0.25, 0.3) is 5.91 Å². The Hall–Kier alpha value is -2.50. The highest BCUT2D eigenvalue weighted by molar-refractivity contribution is 6.02. The molecule has 23 heavy (non-hydrogen) atoms. The third-order valence-electron chi connectivity index (χ3n) is 3.67. The van der Waals surface area contributed by atoms with Gasteiger partial charge in [0.15, 0.2) is 0 Å². The van der Waals surface area contributed by atoms with Crippen LogP contribution in [0.2, 0.25) is 0 Å². The maximum atomic E-state index is 12.6. The van der Waals surface area contributed by atoms with Crippen LogP contribution in [0.4, 0.5) is 5.69 Å². The summed E-state index contributed by atoms with van der Waals surface area (Å²) >= 11 is 0. The Morgan fingerprint density at radius 1 is 1.22 bits per heavy atom. The lowest BCUT2D eigenvalue weighted by atomic mass is 10.0. The molecule has 0 aliphatic carbocycles. The van der Waals surface area contributed by atoms with Crippen molar-refractivity contribution in [1.82, 2.24) is 4.90 Å². The van der Waals surface area contributed by atoms with E-state index in [0.717, 1.165) is 28.7 Å². The first-order valence-electron chi connectivity index (χ1n) is 7.55. The van der Waals surface area contributed by atoms with Gasteiger partial charge in [-0.05, 0) is 38.0 Å². The summed E-state index contributed by atoms with van der Waals surface area (Å²) in [5.41, 5.74) is 1.90. The number of nitrogens with zero attached hydrogens (tertiary/aromatic N) is 1. The number of hydrogen-bond acceptors (Lipinski definition) is 5. The van der Waals surface area contributed by atoms with Crippen LogP contribution < -0.4 is 5.32 Å². The lowest BCUT2D eigenvalue weighted by Gasteiger charge is -2.24. The molecule has 0 aromatic heterocycles. The fraction of sp³-hybridized carbons (Fsp3) is 0.412. The van der Waals surface area contributed by atoms with E-state index in [0.29, 0.717) is 37.8 Å². The minimum atomic E-state index is -0.394. The van der Waals surface area contributed by atoms with Crippen molar-refractivity contribution in [3.05, 3.63) is 29.3 Å². The third kappa shape index (κ3) is 5.02. The second-order valence-electron chi connectivity index (χ2n) is 5.27. The number of carbonyl (C=O) groups is 4. The van der Waals surface area contributed by atoms with E-state index in [9.17, 15) is 19.2 Å². The number of nitrogens with one attached hydrogen (secondary N) is 1. The van der Waals surface area contributed by atoms with Gasteiger partial charge >= 0.3 is 0 Å². The van der Waals surface area contributed by atoms with E-state index in [2.05, 4.69) is 5.32 Å². The number of aldehydes is 2. The number of anilines is 1. The van der Waals surface area contributed by atoms with Gasteiger partial charge in [-0.25, -0.2) is 0 Å². The van der Waals surface area contributed by atoms with E-state index in [1.165, 1.54) is 0 Å². The quantitative estimate of drug-likeness (QED) is 0.526. The van der Waals surface area contributed by atoms with Crippen molar-refractivity contribution in [3.8, 4) is 0 Å². The highest BCUT2D eigenvalue weighted by atomic mass is 16.2. The summed E-state index contributed by atoms with van der Waals surface area (Å²) in [6.07, 6.45) is 3.20. The van der Waals surface area contributed by atoms with Crippen LogP contribution in [0.15, 0.2) is 18.2 Å². The molecule has 0 radical (unpaired) electrons. The lowest BCUT2D eigenvalue weighted by molar-refractivity contribution is -0.118. The first-order valence-corrected chi connectivity index (χ1v) is 7.55. The van der Waals surface area contributed by atoms with Crippen LogP contribution in [0.25, 0.3) is 0 Å². The van der Waals surface area contributed by atoms with E-state index in [4.69, 9.17) is 0 Å². The summed E-state index contributed by atoms with van der Waals surface area (Å²) < 4.78 is 0. The van der Waals surface area contributed by atoms with Crippen molar-refractivity contribution in [2.24, 2.45) is 0 Å². The number of hydrogen-bond donors (Lipinski definition) is 1. The maximum absolute atomic E-state index is 12.6. The van der Waals surface area contributed by atoms with Crippen molar-refractivity contribution in [1.29, 1.82) is 0 Å². The number of rotatable bonds is 10. The van der Waals surface area contributed by atoms with Gasteiger partial charge in [-0.1, -0.05) is 6.07 Å². The first kappa shape index (κ1) is 18.5. The molecule has 0 heterocycles. The topological polar surface area (TPSA) is 83.6 Å². The predicted molar refractivity (Wildman–Crippen MR) is 87.3 cm³/mol. The molecule has 0 aliphatic heterocycles. The van der Waals surface area contributed by atoms with Crippen molar-refractivity contribution in [3.63, 3.8) is 0 Å². The van der Waals surface area contributed by atoms with Gasteiger partial charge in [0.05, 0.1) is 0 Å². The molecule has 1 aromatic carbocycles. The summed E-state index contributed by atoms with van der Waals surface area (Å²) in [5.74, 6) is -0.394. The zero-order valence-corrected chi connectivity index (χ0v) is 13.5. The average Bonchev–Trinajstić information content (AvgIpc) is 2.55. The standard InChI is InChI=1S/C17H22N2O4/c1-13(6-4-10-20)19(12-22)17(23)15-7-3-8-16(14(15)2)18-9-5-11-21/h3,7-8,10-13,18H,4-6,9H2,1-2H3. The molecule has 0 spiro atoms. The largest absolute Gasteiger partial charge is 0.384 e. The van der Waals surface area contributed by atoms with E-state index < -0.39 is 5.91 Å². The molecule has 1 rings (SSSR count). The van der Waals surface area contributed by atoms with Crippen molar-refractivity contribution in [2.75, 3.05) is 11.9 Å². The molecular weight excluding hydrogens is 296 g/mol. The van der Waals surface area contributed by atoms with Crippen LogP contribution in [0.5, 0.6) is 0 Å². The second kappa shape index (κ2) is 9.50. The van der Waals surface area contributed by atoms with Gasteiger partial charge in [0, 0.05) is 36.7 Å². The molecule has 124 valence electrons. The Kier molecular flexibility index (Phi) is 7.66. The molecule has 0 saturated heterocycles. The monoisotopic (exact) mass is 318 g/mol. The predicted octanol–water partition coefficient (Wildman–Crippen LogP) is 1.96. The molecule has 1 aromatic rings. The van der Waals surface area contributed by atoms with Crippen LogP contribution in [0, 0.1) is 6.92 Å². The van der Waals surface area contributed by atoms with Gasteiger partial charge in [-0.3, -0.25) is 14.5 Å². The van der Waals surface area contributed by atoms with E-state index in [1.54, 1.807) is 26.0 Å². The Labute approximate surface area is 135 Å². The second-order valence-corrected chi connectivity index (χ2v) is 5.27. The van der Waals surface area contributed by atoms with E-state index in [1.807, 2.05) is 6.07 Å². The van der Waals surface area contributed by atoms with Crippen LogP contribution in [0.1, 0.15) is 42.1 Å². The van der Waals surface area contributed by atoms with Gasteiger partial charge in [0.2, 0.25) is 6.41 Å². The third-order valence-corrected chi connectivity index (χ3v) is 3.67. The molecule has 6 nitrogen and oxygen atoms in total. The molecule has 1 atom stereocenters. The number of carbonyl (C=O) groups excluding carboxylic acids is 4. The summed E-state index contributed by atoms with van der Waals surface area (Å²) in [6.45, 7) is 4.00. The Bertz CT molecular complexity index is 572. The fourth-order valence-electron chi connectivity index (χ4n) is 2.26. The van der Waals surface area contributed by atoms with Gasteiger partial charge in [-0.15, -0.1) is 0 Å². The number of amides is 2. The van der Waals surface area contributed by atoms with Crippen LogP contribution >= 0.6 is 0 Å². The SMILES string of the molecule is Cc1c(NCCC=O)cccc1C(=O)N(C=O)C(C)CCC=O. The Morgan fingerprint density at radius 2 is 1.91 bits per heavy atom. The van der Waals surface area contributed by atoms with Crippen molar-refractivity contribution in [2.45, 2.75) is 39.2 Å². The molecule has 0 saturated carbocycles. The zero-order valence-electron chi connectivity index (χ0n) is 13.5. The first-order chi connectivity index (χ1) is 11.1. The average molecular weight is 318 g/mol. The van der Waals surface area contributed by atoms with E-state index >= 15 is 0 Å². The minimum absolute atomic E-state index is 0.297. The molecule has 0 fully saturated rings. The highest BCUT2D eigenvalue weighted by Crippen LogP contribution is 2.21. The molecule has 0 aliphatic rings. The molecule has 1 N–H and O–H groups in total. The van der Waals surface area contributed by atoms with Crippen LogP contribution in [-0.2, 0) is 14.4 Å². The highest BCUT2D eigenvalue weighted by Gasteiger charge is 2.22. The zero-order chi connectivity index (χ0) is 17.2. The van der Waals surface area contributed by atoms with Crippen LogP contribution in [-0.4, -0.2) is 42.4 Å². The lowest BCUT2D eigenvalue weighted by Crippen LogP contribution is -2.38. The van der Waals surface area contributed by atoms with E-state index in [-0.39, 0.29) is 6.04 Å². The number of benzene rings is 1. The molecule has 6 heteroatoms. The van der Waals surface area contributed by atoms with Crippen molar-refractivity contribution < 1.29 is 19.2 Å².